The highest BCUT2D eigenvalue weighted by Crippen LogP contribution is 2.34. The Bertz CT molecular complexity index is 1400. The number of amides is 2. The van der Waals surface area contributed by atoms with E-state index < -0.39 is 12.1 Å². The molecule has 0 radical (unpaired) electrons. The Kier molecular flexibility index (Phi) is 8.07. The second-order valence-corrected chi connectivity index (χ2v) is 12.2. The van der Waals surface area contributed by atoms with Crippen LogP contribution in [0.4, 0.5) is 5.69 Å². The number of nitriles is 1. The molecule has 2 amide bonds. The molecule has 0 spiro atoms. The lowest BCUT2D eigenvalue weighted by molar-refractivity contribution is -0.128. The number of likely N-dealkylation sites (tertiary alicyclic amines) is 1. The molecule has 1 aromatic heterocycles. The van der Waals surface area contributed by atoms with Crippen molar-refractivity contribution in [1.29, 1.82) is 5.26 Å². The topological polar surface area (TPSA) is 89.3 Å². The van der Waals surface area contributed by atoms with Gasteiger partial charge in [-0.3, -0.25) is 24.4 Å². The van der Waals surface area contributed by atoms with Crippen molar-refractivity contribution in [3.05, 3.63) is 72.1 Å². The summed E-state index contributed by atoms with van der Waals surface area (Å²) >= 11 is 0. The molecule has 2 heterocycles. The minimum atomic E-state index is -0.972. The molecule has 1 saturated carbocycles. The predicted octanol–water partition coefficient (Wildman–Crippen LogP) is 6.00. The van der Waals surface area contributed by atoms with Crippen LogP contribution in [0.1, 0.15) is 83.0 Å². The first-order chi connectivity index (χ1) is 19.3. The molecule has 7 heteroatoms. The monoisotopic (exact) mass is 537 g/mol. The van der Waals surface area contributed by atoms with Crippen LogP contribution in [0.2, 0.25) is 0 Å². The fourth-order valence-electron chi connectivity index (χ4n) is 5.99. The van der Waals surface area contributed by atoms with E-state index in [2.05, 4.69) is 32.3 Å². The van der Waals surface area contributed by atoms with Gasteiger partial charge in [0.1, 0.15) is 6.04 Å². The summed E-state index contributed by atoms with van der Waals surface area (Å²) in [5, 5.41) is 15.0. The molecular weight excluding hydrogens is 498 g/mol. The van der Waals surface area contributed by atoms with E-state index in [1.807, 2.05) is 54.6 Å². The maximum Gasteiger partial charge on any atom is 0.251 e. The summed E-state index contributed by atoms with van der Waals surface area (Å²) in [7, 11) is 0. The lowest BCUT2D eigenvalue weighted by Crippen LogP contribution is -2.52. The van der Waals surface area contributed by atoms with Crippen LogP contribution in [0.25, 0.3) is 10.8 Å². The van der Waals surface area contributed by atoms with Gasteiger partial charge in [0, 0.05) is 29.9 Å². The number of hydrogen-bond donors (Lipinski definition) is 1. The first-order valence-electron chi connectivity index (χ1n) is 14.5. The van der Waals surface area contributed by atoms with Gasteiger partial charge in [-0.05, 0) is 60.2 Å². The Balaban J connectivity index is 1.63. The Hall–Kier alpha value is -3.92. The van der Waals surface area contributed by atoms with Crippen LogP contribution < -0.4 is 10.2 Å². The molecule has 2 unspecified atom stereocenters. The zero-order valence-electron chi connectivity index (χ0n) is 23.8. The van der Waals surface area contributed by atoms with Crippen LogP contribution >= 0.6 is 0 Å². The molecular formula is C33H39N5O2. The van der Waals surface area contributed by atoms with Crippen LogP contribution in [0.5, 0.6) is 0 Å². The van der Waals surface area contributed by atoms with Crippen molar-refractivity contribution in [2.75, 3.05) is 11.4 Å². The molecule has 5 rings (SSSR count). The lowest BCUT2D eigenvalue weighted by atomic mass is 9.87. The van der Waals surface area contributed by atoms with Crippen molar-refractivity contribution in [3.63, 3.8) is 0 Å². The number of benzene rings is 2. The second kappa shape index (κ2) is 11.7. The highest BCUT2D eigenvalue weighted by molar-refractivity contribution is 6.04. The van der Waals surface area contributed by atoms with Crippen LogP contribution in [0.3, 0.4) is 0 Å². The number of carbonyl (C=O) groups is 2. The number of nitrogens with one attached hydrogen (secondary N) is 1. The second-order valence-electron chi connectivity index (χ2n) is 12.2. The summed E-state index contributed by atoms with van der Waals surface area (Å²) < 4.78 is 0. The fourth-order valence-corrected chi connectivity index (χ4v) is 5.99. The standard InChI is InChI=1S/C33H39N5O2/c1-33(2,3)25-15-17-27(18-16-25)38(32(40)29-14-9-19-37(29)22-34)30(31(39)36-26-12-5-4-6-13-26)28-20-23-10-7-8-11-24(23)21-35-28/h7-8,10-11,15-18,20-21,26,29-30H,4-6,9,12-14,19H2,1-3H3,(H,36,39). The van der Waals surface area contributed by atoms with E-state index >= 15 is 0 Å². The first kappa shape index (κ1) is 27.6. The minimum absolute atomic E-state index is 0.0614. The van der Waals surface area contributed by atoms with Crippen LogP contribution in [0, 0.1) is 11.5 Å². The van der Waals surface area contributed by atoms with E-state index in [0.717, 1.165) is 48.4 Å². The molecule has 2 aliphatic rings. The smallest absolute Gasteiger partial charge is 0.251 e. The highest BCUT2D eigenvalue weighted by Gasteiger charge is 2.41. The number of anilines is 1. The van der Waals surface area contributed by atoms with E-state index in [1.165, 1.54) is 6.42 Å². The Labute approximate surface area is 237 Å². The van der Waals surface area contributed by atoms with Crippen LogP contribution in [-0.4, -0.2) is 40.3 Å². The molecule has 1 aliphatic heterocycles. The quantitative estimate of drug-likeness (QED) is 0.390. The van der Waals surface area contributed by atoms with E-state index in [1.54, 1.807) is 16.0 Å². The highest BCUT2D eigenvalue weighted by atomic mass is 16.2. The molecule has 1 N–H and O–H groups in total. The normalized spacial score (nSPS) is 18.8. The SMILES string of the molecule is CC(C)(C)c1ccc(N(C(=O)C2CCCN2C#N)C(C(=O)NC2CCCCC2)c2cc3ccccc3cn2)cc1. The molecule has 208 valence electrons. The average Bonchev–Trinajstić information content (AvgIpc) is 3.44. The van der Waals surface area contributed by atoms with E-state index in [9.17, 15) is 14.9 Å². The summed E-state index contributed by atoms with van der Waals surface area (Å²) in [6.45, 7) is 6.98. The Morgan fingerprint density at radius 1 is 1.00 bits per heavy atom. The molecule has 2 aromatic carbocycles. The van der Waals surface area contributed by atoms with Crippen molar-refractivity contribution in [3.8, 4) is 6.19 Å². The van der Waals surface area contributed by atoms with Gasteiger partial charge in [-0.25, -0.2) is 0 Å². The van der Waals surface area contributed by atoms with Crippen LogP contribution in [-0.2, 0) is 15.0 Å². The van der Waals surface area contributed by atoms with Gasteiger partial charge in [-0.1, -0.05) is 76.4 Å². The first-order valence-corrected chi connectivity index (χ1v) is 14.5. The van der Waals surface area contributed by atoms with Gasteiger partial charge in [0.2, 0.25) is 5.91 Å². The zero-order chi connectivity index (χ0) is 28.3. The Morgan fingerprint density at radius 3 is 2.38 bits per heavy atom. The van der Waals surface area contributed by atoms with Crippen molar-refractivity contribution >= 4 is 28.3 Å². The van der Waals surface area contributed by atoms with Crippen LogP contribution in [0.15, 0.2) is 60.8 Å². The van der Waals surface area contributed by atoms with Gasteiger partial charge in [-0.15, -0.1) is 0 Å². The number of pyridine rings is 1. The van der Waals surface area contributed by atoms with Gasteiger partial charge in [0.15, 0.2) is 12.2 Å². The number of fused-ring (bicyclic) bond motifs is 1. The van der Waals surface area contributed by atoms with E-state index in [-0.39, 0.29) is 23.3 Å². The van der Waals surface area contributed by atoms with E-state index in [4.69, 9.17) is 4.98 Å². The van der Waals surface area contributed by atoms with Crippen molar-refractivity contribution in [2.24, 2.45) is 0 Å². The van der Waals surface area contributed by atoms with Gasteiger partial charge in [0.05, 0.1) is 5.69 Å². The van der Waals surface area contributed by atoms with Gasteiger partial charge < -0.3 is 5.32 Å². The van der Waals surface area contributed by atoms with E-state index in [0.29, 0.717) is 24.3 Å². The maximum atomic E-state index is 14.4. The molecule has 1 aliphatic carbocycles. The fraction of sp³-hybridized carbons (Fsp3) is 0.455. The summed E-state index contributed by atoms with van der Waals surface area (Å²) in [6, 6.07) is 16.2. The number of rotatable bonds is 6. The molecule has 3 aromatic rings. The number of aromatic nitrogens is 1. The molecule has 40 heavy (non-hydrogen) atoms. The van der Waals surface area contributed by atoms with Crippen molar-refractivity contribution in [1.82, 2.24) is 15.2 Å². The average molecular weight is 538 g/mol. The van der Waals surface area contributed by atoms with Gasteiger partial charge >= 0.3 is 0 Å². The minimum Gasteiger partial charge on any atom is -0.351 e. The molecule has 1 saturated heterocycles. The third kappa shape index (κ3) is 5.82. The molecule has 2 atom stereocenters. The maximum absolute atomic E-state index is 14.4. The molecule has 0 bridgehead atoms. The molecule has 7 nitrogen and oxygen atoms in total. The third-order valence-electron chi connectivity index (χ3n) is 8.31. The summed E-state index contributed by atoms with van der Waals surface area (Å²) in [4.78, 5) is 36.5. The number of hydrogen-bond acceptors (Lipinski definition) is 5. The zero-order valence-corrected chi connectivity index (χ0v) is 23.8. The van der Waals surface area contributed by atoms with Crippen molar-refractivity contribution < 1.29 is 9.59 Å². The largest absolute Gasteiger partial charge is 0.351 e. The molecule has 2 fully saturated rings. The predicted molar refractivity (Wildman–Crippen MR) is 157 cm³/mol. The summed E-state index contributed by atoms with van der Waals surface area (Å²) in [6.07, 6.45) is 10.5. The summed E-state index contributed by atoms with van der Waals surface area (Å²) in [5.74, 6) is -0.481. The number of carbonyl (C=O) groups excluding carboxylic acids is 2. The van der Waals surface area contributed by atoms with Gasteiger partial charge in [-0.2, -0.15) is 5.26 Å². The third-order valence-corrected chi connectivity index (χ3v) is 8.31. The summed E-state index contributed by atoms with van der Waals surface area (Å²) in [5.41, 5.74) is 2.21. The van der Waals surface area contributed by atoms with Crippen molar-refractivity contribution in [2.45, 2.75) is 89.3 Å². The number of nitrogens with zero attached hydrogens (tertiary/aromatic N) is 4. The Morgan fingerprint density at radius 2 is 1.70 bits per heavy atom. The lowest BCUT2D eigenvalue weighted by Gasteiger charge is -2.35. The van der Waals surface area contributed by atoms with Gasteiger partial charge in [0.25, 0.3) is 5.91 Å².